The molecule has 0 aromatic heterocycles. The molecule has 1 radical (unpaired) electrons. The Morgan fingerprint density at radius 1 is 1.67 bits per heavy atom. The molecule has 0 N–H and O–H groups in total. The highest BCUT2D eigenvalue weighted by molar-refractivity contribution is 5.22. The first-order valence-electron chi connectivity index (χ1n) is 3.30. The molecule has 0 nitrogen and oxygen atoms in total. The molecule has 0 heterocycles. The van der Waals surface area contributed by atoms with Crippen molar-refractivity contribution in [2.75, 3.05) is 0 Å². The SMILES string of the molecule is [CH2]C1(C)C=CC=C(C)C1. The van der Waals surface area contributed by atoms with Crippen LogP contribution in [0.15, 0.2) is 23.8 Å². The minimum atomic E-state index is 0.152. The largest absolute Gasteiger partial charge is 0.0783 e. The molecule has 0 heteroatoms. The Balaban J connectivity index is 2.73. The lowest BCUT2D eigenvalue weighted by molar-refractivity contribution is 0.534. The molecule has 0 saturated carbocycles. The summed E-state index contributed by atoms with van der Waals surface area (Å²) in [5, 5.41) is 0. The minimum Gasteiger partial charge on any atom is -0.0783 e. The average Bonchev–Trinajstić information content (AvgIpc) is 1.60. The summed E-state index contributed by atoms with van der Waals surface area (Å²) in [5.74, 6) is 0. The van der Waals surface area contributed by atoms with Gasteiger partial charge in [-0.1, -0.05) is 30.7 Å². The molecule has 1 unspecified atom stereocenters. The van der Waals surface area contributed by atoms with Crippen LogP contribution in [-0.4, -0.2) is 0 Å². The Morgan fingerprint density at radius 2 is 2.33 bits per heavy atom. The number of hydrogen-bond donors (Lipinski definition) is 0. The normalized spacial score (nSPS) is 23.7. The van der Waals surface area contributed by atoms with Gasteiger partial charge in [0.2, 0.25) is 0 Å². The van der Waals surface area contributed by atoms with Crippen LogP contribution in [-0.2, 0) is 0 Å². The van der Waals surface area contributed by atoms with Gasteiger partial charge in [0, 0.05) is 0 Å². The highest BCUT2D eigenvalue weighted by atomic mass is 14.2. The quantitative estimate of drug-likeness (QED) is 0.462. The molecule has 1 aliphatic rings. The van der Waals surface area contributed by atoms with Crippen molar-refractivity contribution in [3.63, 3.8) is 0 Å². The minimum absolute atomic E-state index is 0.152. The maximum atomic E-state index is 4.05. The lowest BCUT2D eigenvalue weighted by atomic mass is 9.83. The summed E-state index contributed by atoms with van der Waals surface area (Å²) in [7, 11) is 0. The first-order valence-corrected chi connectivity index (χ1v) is 3.30. The van der Waals surface area contributed by atoms with E-state index in [4.69, 9.17) is 0 Å². The third kappa shape index (κ3) is 1.70. The second kappa shape index (κ2) is 2.02. The van der Waals surface area contributed by atoms with E-state index >= 15 is 0 Å². The van der Waals surface area contributed by atoms with Crippen LogP contribution in [0.25, 0.3) is 0 Å². The van der Waals surface area contributed by atoms with Gasteiger partial charge < -0.3 is 0 Å². The molecular formula is C9H13. The van der Waals surface area contributed by atoms with E-state index in [-0.39, 0.29) is 5.41 Å². The maximum Gasteiger partial charge on any atom is -0.0106 e. The van der Waals surface area contributed by atoms with E-state index in [0.29, 0.717) is 0 Å². The first kappa shape index (κ1) is 6.60. The van der Waals surface area contributed by atoms with Crippen molar-refractivity contribution in [2.24, 2.45) is 5.41 Å². The average molecular weight is 121 g/mol. The predicted octanol–water partition coefficient (Wildman–Crippen LogP) is 2.73. The second-order valence-corrected chi connectivity index (χ2v) is 3.20. The lowest BCUT2D eigenvalue weighted by Gasteiger charge is -2.22. The molecule has 1 atom stereocenters. The Morgan fingerprint density at radius 3 is 2.67 bits per heavy atom. The summed E-state index contributed by atoms with van der Waals surface area (Å²) >= 11 is 0. The van der Waals surface area contributed by atoms with Crippen LogP contribution in [0.1, 0.15) is 20.3 Å². The third-order valence-electron chi connectivity index (χ3n) is 1.56. The van der Waals surface area contributed by atoms with Crippen molar-refractivity contribution >= 4 is 0 Å². The zero-order chi connectivity index (χ0) is 6.91. The van der Waals surface area contributed by atoms with E-state index < -0.39 is 0 Å². The molecule has 0 aromatic carbocycles. The summed E-state index contributed by atoms with van der Waals surface area (Å²) in [6.45, 7) is 8.35. The van der Waals surface area contributed by atoms with Gasteiger partial charge in [0.25, 0.3) is 0 Å². The van der Waals surface area contributed by atoms with Gasteiger partial charge in [0.1, 0.15) is 0 Å². The van der Waals surface area contributed by atoms with Crippen molar-refractivity contribution in [3.8, 4) is 0 Å². The predicted molar refractivity (Wildman–Crippen MR) is 41.0 cm³/mol. The van der Waals surface area contributed by atoms with Crippen LogP contribution in [0.5, 0.6) is 0 Å². The van der Waals surface area contributed by atoms with Crippen LogP contribution in [0.2, 0.25) is 0 Å². The molecule has 9 heavy (non-hydrogen) atoms. The van der Waals surface area contributed by atoms with Crippen LogP contribution in [0.4, 0.5) is 0 Å². The molecule has 0 aliphatic heterocycles. The van der Waals surface area contributed by atoms with E-state index in [1.807, 2.05) is 0 Å². The number of allylic oxidation sites excluding steroid dienone is 4. The Labute approximate surface area is 57.3 Å². The summed E-state index contributed by atoms with van der Waals surface area (Å²) in [4.78, 5) is 0. The fourth-order valence-corrected chi connectivity index (χ4v) is 1.20. The fraction of sp³-hybridized carbons (Fsp3) is 0.444. The van der Waals surface area contributed by atoms with Gasteiger partial charge in [-0.25, -0.2) is 0 Å². The second-order valence-electron chi connectivity index (χ2n) is 3.20. The monoisotopic (exact) mass is 121 g/mol. The first-order chi connectivity index (χ1) is 4.10. The van der Waals surface area contributed by atoms with Gasteiger partial charge in [-0.3, -0.25) is 0 Å². The molecule has 0 amide bonds. The van der Waals surface area contributed by atoms with E-state index in [2.05, 4.69) is 39.0 Å². The van der Waals surface area contributed by atoms with E-state index in [1.54, 1.807) is 0 Å². The van der Waals surface area contributed by atoms with Gasteiger partial charge in [0.15, 0.2) is 0 Å². The third-order valence-corrected chi connectivity index (χ3v) is 1.56. The van der Waals surface area contributed by atoms with Crippen LogP contribution >= 0.6 is 0 Å². The van der Waals surface area contributed by atoms with Crippen molar-refractivity contribution in [2.45, 2.75) is 20.3 Å². The van der Waals surface area contributed by atoms with E-state index in [0.717, 1.165) is 6.42 Å². The standard InChI is InChI=1S/C9H13/c1-8-5-4-6-9(2,3)7-8/h4-6H,2,7H2,1,3H3. The van der Waals surface area contributed by atoms with Gasteiger partial charge in [-0.05, 0) is 25.7 Å². The molecule has 0 saturated heterocycles. The van der Waals surface area contributed by atoms with Crippen LogP contribution in [0.3, 0.4) is 0 Å². The zero-order valence-electron chi connectivity index (χ0n) is 6.15. The highest BCUT2D eigenvalue weighted by Crippen LogP contribution is 2.28. The molecule has 0 spiro atoms. The van der Waals surface area contributed by atoms with Gasteiger partial charge in [-0.15, -0.1) is 0 Å². The van der Waals surface area contributed by atoms with Gasteiger partial charge in [0.05, 0.1) is 0 Å². The number of rotatable bonds is 0. The van der Waals surface area contributed by atoms with Crippen LogP contribution in [0, 0.1) is 12.3 Å². The summed E-state index contributed by atoms with van der Waals surface area (Å²) in [5.41, 5.74) is 1.58. The number of hydrogen-bond acceptors (Lipinski definition) is 0. The molecule has 0 aromatic rings. The van der Waals surface area contributed by atoms with E-state index in [9.17, 15) is 0 Å². The molecule has 0 fully saturated rings. The van der Waals surface area contributed by atoms with Crippen molar-refractivity contribution < 1.29 is 0 Å². The molecule has 49 valence electrons. The Kier molecular flexibility index (Phi) is 1.48. The van der Waals surface area contributed by atoms with Crippen molar-refractivity contribution in [3.05, 3.63) is 30.7 Å². The van der Waals surface area contributed by atoms with Crippen LogP contribution < -0.4 is 0 Å². The highest BCUT2D eigenvalue weighted by Gasteiger charge is 2.15. The van der Waals surface area contributed by atoms with Crippen molar-refractivity contribution in [1.29, 1.82) is 0 Å². The van der Waals surface area contributed by atoms with E-state index in [1.165, 1.54) is 5.57 Å². The lowest BCUT2D eigenvalue weighted by Crippen LogP contribution is -2.10. The summed E-state index contributed by atoms with van der Waals surface area (Å²) < 4.78 is 0. The topological polar surface area (TPSA) is 0 Å². The van der Waals surface area contributed by atoms with Gasteiger partial charge in [-0.2, -0.15) is 0 Å². The summed E-state index contributed by atoms with van der Waals surface area (Å²) in [6.07, 6.45) is 7.49. The molecule has 0 bridgehead atoms. The Hall–Kier alpha value is -0.520. The fourth-order valence-electron chi connectivity index (χ4n) is 1.20. The summed E-state index contributed by atoms with van der Waals surface area (Å²) in [6, 6.07) is 0. The maximum absolute atomic E-state index is 4.05. The zero-order valence-corrected chi connectivity index (χ0v) is 6.15. The molecular weight excluding hydrogens is 108 g/mol. The molecule has 1 aliphatic carbocycles. The smallest absolute Gasteiger partial charge is 0.0106 e. The molecule has 1 rings (SSSR count). The van der Waals surface area contributed by atoms with Crippen molar-refractivity contribution in [1.82, 2.24) is 0 Å². The van der Waals surface area contributed by atoms with Gasteiger partial charge >= 0.3 is 0 Å². The Bertz CT molecular complexity index is 159.